The summed E-state index contributed by atoms with van der Waals surface area (Å²) < 4.78 is 23.4. The third-order valence-electron chi connectivity index (χ3n) is 1.81. The first kappa shape index (κ1) is 15.7. The van der Waals surface area contributed by atoms with E-state index in [9.17, 15) is 13.2 Å². The van der Waals surface area contributed by atoms with Gasteiger partial charge in [0.25, 0.3) is 10.0 Å². The number of aliphatic carboxylic acids is 1. The average Bonchev–Trinajstić information content (AvgIpc) is 2.57. The zero-order valence-corrected chi connectivity index (χ0v) is 12.4. The fourth-order valence-corrected chi connectivity index (χ4v) is 3.47. The molecule has 0 aliphatic carbocycles. The predicted octanol–water partition coefficient (Wildman–Crippen LogP) is 2.13. The Labute approximate surface area is 117 Å². The van der Waals surface area contributed by atoms with E-state index in [1.54, 1.807) is 4.89 Å². The number of hydrogen-bond donors (Lipinski definition) is 2. The summed E-state index contributed by atoms with van der Waals surface area (Å²) in [5, 5.41) is 8.85. The van der Waals surface area contributed by atoms with Crippen molar-refractivity contribution in [2.24, 2.45) is 0 Å². The van der Waals surface area contributed by atoms with E-state index in [0.717, 1.165) is 17.4 Å². The molecule has 0 saturated heterocycles. The Morgan fingerprint density at radius 2 is 2.06 bits per heavy atom. The van der Waals surface area contributed by atoms with Crippen molar-refractivity contribution in [1.29, 1.82) is 0 Å². The van der Waals surface area contributed by atoms with Crippen LogP contribution in [0.2, 0.25) is 9.36 Å². The topological polar surface area (TPSA) is 92.7 Å². The first-order valence-electron chi connectivity index (χ1n) is 4.44. The van der Waals surface area contributed by atoms with Gasteiger partial charge in [-0.1, -0.05) is 28.1 Å². The molecule has 0 amide bonds. The number of hydrogen-bond acceptors (Lipinski definition) is 5. The van der Waals surface area contributed by atoms with Crippen molar-refractivity contribution < 1.29 is 23.2 Å². The number of thiophene rings is 1. The Hall–Kier alpha value is -0.380. The van der Waals surface area contributed by atoms with Crippen molar-refractivity contribution in [1.82, 2.24) is 4.89 Å². The quantitative estimate of drug-likeness (QED) is 0.805. The Morgan fingerprint density at radius 3 is 2.44 bits per heavy atom. The lowest BCUT2D eigenvalue weighted by atomic mass is 10.1. The number of carboxylic acids is 1. The van der Waals surface area contributed by atoms with E-state index in [2.05, 4.69) is 4.84 Å². The van der Waals surface area contributed by atoms with Gasteiger partial charge in [-0.2, -0.15) is 0 Å². The molecule has 1 rings (SSSR count). The molecule has 0 aliphatic heterocycles. The molecule has 0 bridgehead atoms. The van der Waals surface area contributed by atoms with Crippen LogP contribution in [0.25, 0.3) is 0 Å². The van der Waals surface area contributed by atoms with Gasteiger partial charge in [0, 0.05) is 0 Å². The molecule has 0 aromatic carbocycles. The summed E-state index contributed by atoms with van der Waals surface area (Å²) in [6, 6.07) is 1.15. The maximum atomic E-state index is 11.7. The zero-order valence-electron chi connectivity index (χ0n) is 9.23. The molecule has 1 aromatic heterocycles. The summed E-state index contributed by atoms with van der Waals surface area (Å²) in [6.07, 6.45) is 0. The largest absolute Gasteiger partial charge is 0.479 e. The van der Waals surface area contributed by atoms with Crippen molar-refractivity contribution in [2.75, 3.05) is 0 Å². The van der Waals surface area contributed by atoms with E-state index in [-0.39, 0.29) is 13.6 Å². The van der Waals surface area contributed by atoms with Crippen LogP contribution >= 0.6 is 34.5 Å². The van der Waals surface area contributed by atoms with Crippen molar-refractivity contribution in [3.8, 4) is 0 Å². The van der Waals surface area contributed by atoms with Crippen LogP contribution in [-0.2, 0) is 19.7 Å². The molecule has 102 valence electrons. The predicted molar refractivity (Wildman–Crippen MR) is 67.5 cm³/mol. The normalized spacial score (nSPS) is 12.7. The van der Waals surface area contributed by atoms with Crippen LogP contribution in [0, 0.1) is 0 Å². The molecule has 0 unspecified atom stereocenters. The van der Waals surface area contributed by atoms with Crippen molar-refractivity contribution in [3.05, 3.63) is 15.4 Å². The molecular weight excluding hydrogens is 325 g/mol. The Bertz CT molecular complexity index is 547. The van der Waals surface area contributed by atoms with Crippen LogP contribution in [0.5, 0.6) is 0 Å². The van der Waals surface area contributed by atoms with E-state index in [0.29, 0.717) is 0 Å². The summed E-state index contributed by atoms with van der Waals surface area (Å²) in [4.78, 5) is 17.1. The molecule has 2 N–H and O–H groups in total. The highest BCUT2D eigenvalue weighted by molar-refractivity contribution is 7.91. The minimum atomic E-state index is -4.01. The van der Waals surface area contributed by atoms with Gasteiger partial charge in [-0.25, -0.2) is 13.2 Å². The molecular formula is C8H9Cl2NO5S2. The number of sulfonamides is 1. The van der Waals surface area contributed by atoms with Crippen LogP contribution in [-0.4, -0.2) is 25.1 Å². The molecule has 0 aliphatic rings. The Morgan fingerprint density at radius 1 is 1.50 bits per heavy atom. The second-order valence-electron chi connectivity index (χ2n) is 3.69. The van der Waals surface area contributed by atoms with Crippen LogP contribution in [0.4, 0.5) is 0 Å². The molecule has 1 heterocycles. The van der Waals surface area contributed by atoms with Crippen LogP contribution < -0.4 is 4.89 Å². The van der Waals surface area contributed by atoms with Crippen molar-refractivity contribution in [3.63, 3.8) is 0 Å². The minimum absolute atomic E-state index is 0.0968. The lowest BCUT2D eigenvalue weighted by Crippen LogP contribution is -2.41. The van der Waals surface area contributed by atoms with Crippen LogP contribution in [0.1, 0.15) is 13.8 Å². The van der Waals surface area contributed by atoms with Gasteiger partial charge >= 0.3 is 5.97 Å². The maximum absolute atomic E-state index is 11.7. The van der Waals surface area contributed by atoms with E-state index < -0.39 is 21.6 Å². The number of rotatable bonds is 5. The highest BCUT2D eigenvalue weighted by Gasteiger charge is 2.31. The number of carboxylic acid groups (broad SMARTS) is 1. The second kappa shape index (κ2) is 5.32. The summed E-state index contributed by atoms with van der Waals surface area (Å²) >= 11 is 12.0. The maximum Gasteiger partial charge on any atom is 0.337 e. The fraction of sp³-hybridized carbons (Fsp3) is 0.375. The summed E-state index contributed by atoms with van der Waals surface area (Å²) in [6.45, 7) is 2.40. The molecule has 1 aromatic rings. The standard InChI is InChI=1S/C8H9Cl2NO5S2/c1-8(2,7(12)13)16-11-18(14,15)5-3-4(9)6(10)17-5/h3,11H,1-2H3,(H,12,13). The molecule has 18 heavy (non-hydrogen) atoms. The highest BCUT2D eigenvalue weighted by Crippen LogP contribution is 2.34. The monoisotopic (exact) mass is 333 g/mol. The first-order valence-corrected chi connectivity index (χ1v) is 7.50. The van der Waals surface area contributed by atoms with Gasteiger partial charge in [0.05, 0.1) is 5.02 Å². The van der Waals surface area contributed by atoms with E-state index >= 15 is 0 Å². The van der Waals surface area contributed by atoms with E-state index in [4.69, 9.17) is 28.3 Å². The third-order valence-corrected chi connectivity index (χ3v) is 5.33. The van der Waals surface area contributed by atoms with E-state index in [1.807, 2.05) is 0 Å². The average molecular weight is 334 g/mol. The zero-order chi connectivity index (χ0) is 14.1. The Balaban J connectivity index is 2.87. The summed E-state index contributed by atoms with van der Waals surface area (Å²) in [5.41, 5.74) is -1.70. The number of nitrogens with one attached hydrogen (secondary N) is 1. The first-order chi connectivity index (χ1) is 8.06. The van der Waals surface area contributed by atoms with Crippen molar-refractivity contribution >= 4 is 50.5 Å². The summed E-state index contributed by atoms with van der Waals surface area (Å²) in [7, 11) is -4.01. The van der Waals surface area contributed by atoms with Gasteiger partial charge in [-0.05, 0) is 19.9 Å². The van der Waals surface area contributed by atoms with Gasteiger partial charge in [-0.15, -0.1) is 11.3 Å². The number of halogens is 2. The molecule has 0 spiro atoms. The Kier molecular flexibility index (Phi) is 4.63. The van der Waals surface area contributed by atoms with Crippen molar-refractivity contribution in [2.45, 2.75) is 23.7 Å². The molecule has 10 heteroatoms. The van der Waals surface area contributed by atoms with Crippen LogP contribution in [0.3, 0.4) is 0 Å². The third kappa shape index (κ3) is 3.56. The van der Waals surface area contributed by atoms with Gasteiger partial charge in [0.2, 0.25) is 0 Å². The summed E-state index contributed by atoms with van der Waals surface area (Å²) in [5.74, 6) is -1.31. The van der Waals surface area contributed by atoms with Gasteiger partial charge in [0.15, 0.2) is 5.60 Å². The number of carbonyl (C=O) groups is 1. The molecule has 0 fully saturated rings. The second-order valence-corrected chi connectivity index (χ2v) is 7.62. The molecule has 6 nitrogen and oxygen atoms in total. The fourth-order valence-electron chi connectivity index (χ4n) is 0.703. The van der Waals surface area contributed by atoms with Crippen LogP contribution in [0.15, 0.2) is 10.3 Å². The van der Waals surface area contributed by atoms with Gasteiger partial charge in [-0.3, -0.25) is 4.84 Å². The molecule has 0 atom stereocenters. The molecule has 0 saturated carbocycles. The smallest absolute Gasteiger partial charge is 0.337 e. The lowest BCUT2D eigenvalue weighted by molar-refractivity contribution is -0.165. The minimum Gasteiger partial charge on any atom is -0.479 e. The molecule has 0 radical (unpaired) electrons. The lowest BCUT2D eigenvalue weighted by Gasteiger charge is -2.19. The highest BCUT2D eigenvalue weighted by atomic mass is 35.5. The SMILES string of the molecule is CC(C)(ONS(=O)(=O)c1cc(Cl)c(Cl)s1)C(=O)O. The van der Waals surface area contributed by atoms with E-state index in [1.165, 1.54) is 13.8 Å². The van der Waals surface area contributed by atoms with Gasteiger partial charge < -0.3 is 5.11 Å². The van der Waals surface area contributed by atoms with Gasteiger partial charge in [0.1, 0.15) is 8.55 Å².